The fourth-order valence-electron chi connectivity index (χ4n) is 2.81. The molecule has 0 radical (unpaired) electrons. The molecule has 24 heavy (non-hydrogen) atoms. The molecular weight excluding hydrogens is 324 g/mol. The summed E-state index contributed by atoms with van der Waals surface area (Å²) in [7, 11) is 0. The van der Waals surface area contributed by atoms with Crippen molar-refractivity contribution in [2.24, 2.45) is 11.0 Å². The highest BCUT2D eigenvalue weighted by Gasteiger charge is 2.23. The first-order valence-electron chi connectivity index (χ1n) is 7.88. The Balaban J connectivity index is 1.68. The topological polar surface area (TPSA) is 79.5 Å². The van der Waals surface area contributed by atoms with Crippen LogP contribution in [0.25, 0.3) is 32.6 Å². The Kier molecular flexibility index (Phi) is 3.84. The lowest BCUT2D eigenvalue weighted by molar-refractivity contribution is 0.559. The Labute approximate surface area is 143 Å². The van der Waals surface area contributed by atoms with Crippen LogP contribution in [0.3, 0.4) is 0 Å². The number of nitrogens with zero attached hydrogens (tertiary/aromatic N) is 6. The molecule has 1 aliphatic carbocycles. The van der Waals surface area contributed by atoms with Gasteiger partial charge in [0.05, 0.1) is 17.1 Å². The minimum atomic E-state index is 0.346. The van der Waals surface area contributed by atoms with Crippen LogP contribution in [0.15, 0.2) is 41.5 Å². The van der Waals surface area contributed by atoms with E-state index in [-0.39, 0.29) is 0 Å². The summed E-state index contributed by atoms with van der Waals surface area (Å²) in [5, 5.41) is 12.7. The minimum absolute atomic E-state index is 0.346. The average molecular weight is 339 g/mol. The van der Waals surface area contributed by atoms with Crippen LogP contribution in [-0.4, -0.2) is 15.0 Å². The summed E-state index contributed by atoms with van der Waals surface area (Å²) in [4.78, 5) is 2.77. The van der Waals surface area contributed by atoms with E-state index in [1.54, 1.807) is 0 Å². The Morgan fingerprint density at radius 2 is 2.00 bits per heavy atom. The summed E-state index contributed by atoms with van der Waals surface area (Å²) in [5.41, 5.74) is 13.0. The van der Waals surface area contributed by atoms with Crippen molar-refractivity contribution in [2.45, 2.75) is 25.9 Å². The van der Waals surface area contributed by atoms with E-state index < -0.39 is 0 Å². The molecule has 0 spiro atoms. The molecule has 0 unspecified atom stereocenters. The second-order valence-corrected chi connectivity index (χ2v) is 6.47. The van der Waals surface area contributed by atoms with Gasteiger partial charge in [-0.2, -0.15) is 0 Å². The second-order valence-electron chi connectivity index (χ2n) is 6.10. The van der Waals surface area contributed by atoms with Crippen molar-refractivity contribution >= 4 is 22.6 Å². The van der Waals surface area contributed by atoms with Crippen molar-refractivity contribution in [3.8, 4) is 11.1 Å². The van der Waals surface area contributed by atoms with Crippen molar-refractivity contribution < 1.29 is 0 Å². The first-order valence-corrected chi connectivity index (χ1v) is 8.26. The van der Waals surface area contributed by atoms with E-state index in [9.17, 15) is 0 Å². The molecule has 1 heterocycles. The van der Waals surface area contributed by atoms with Gasteiger partial charge in [-0.1, -0.05) is 52.3 Å². The minimum Gasteiger partial charge on any atom is -0.244 e. The summed E-state index contributed by atoms with van der Waals surface area (Å²) < 4.78 is 1.95. The van der Waals surface area contributed by atoms with Gasteiger partial charge in [0.25, 0.3) is 0 Å². The molecule has 2 aromatic carbocycles. The Morgan fingerprint density at radius 1 is 1.21 bits per heavy atom. The molecule has 7 heteroatoms. The van der Waals surface area contributed by atoms with E-state index in [4.69, 9.17) is 17.1 Å². The molecule has 4 rings (SSSR count). The third kappa shape index (κ3) is 2.82. The van der Waals surface area contributed by atoms with Crippen LogP contribution in [0, 0.1) is 5.92 Å². The molecular formula is C17H15ClN6. The SMILES string of the molecule is [N-]=[N+]=NCc1ccc(-c2ccc3c(nnn3CC3CC3)c2Cl)cc1. The molecule has 0 N–H and O–H groups in total. The predicted octanol–water partition coefficient (Wildman–Crippen LogP) is 4.97. The van der Waals surface area contributed by atoms with Crippen molar-refractivity contribution in [2.75, 3.05) is 0 Å². The number of benzene rings is 2. The molecule has 0 amide bonds. The van der Waals surface area contributed by atoms with Crippen LogP contribution in [-0.2, 0) is 13.1 Å². The monoisotopic (exact) mass is 338 g/mol. The number of halogens is 1. The average Bonchev–Trinajstić information content (AvgIpc) is 3.33. The maximum atomic E-state index is 8.38. The van der Waals surface area contributed by atoms with Crippen LogP contribution in [0.4, 0.5) is 0 Å². The Morgan fingerprint density at radius 3 is 2.71 bits per heavy atom. The second kappa shape index (κ2) is 6.15. The van der Waals surface area contributed by atoms with Crippen molar-refractivity contribution in [3.05, 3.63) is 57.4 Å². The lowest BCUT2D eigenvalue weighted by Crippen LogP contribution is -2.01. The zero-order valence-corrected chi connectivity index (χ0v) is 13.7. The Hall–Kier alpha value is -2.56. The highest BCUT2D eigenvalue weighted by molar-refractivity contribution is 6.37. The van der Waals surface area contributed by atoms with Gasteiger partial charge in [-0.25, -0.2) is 4.68 Å². The summed E-state index contributed by atoms with van der Waals surface area (Å²) in [5.74, 6) is 0.733. The number of azide groups is 1. The zero-order valence-electron chi connectivity index (χ0n) is 12.9. The van der Waals surface area contributed by atoms with Crippen LogP contribution in [0.2, 0.25) is 5.02 Å². The van der Waals surface area contributed by atoms with Crippen molar-refractivity contribution in [1.29, 1.82) is 0 Å². The van der Waals surface area contributed by atoms with E-state index in [1.165, 1.54) is 12.8 Å². The number of fused-ring (bicyclic) bond motifs is 1. The largest absolute Gasteiger partial charge is 0.244 e. The smallest absolute Gasteiger partial charge is 0.132 e. The lowest BCUT2D eigenvalue weighted by Gasteiger charge is -2.07. The van der Waals surface area contributed by atoms with Gasteiger partial charge in [-0.05, 0) is 41.5 Å². The molecule has 1 fully saturated rings. The molecule has 1 aromatic heterocycles. The predicted molar refractivity (Wildman–Crippen MR) is 93.5 cm³/mol. The molecule has 1 saturated carbocycles. The molecule has 0 saturated heterocycles. The standard InChI is InChI=1S/C17H15ClN6/c18-16-14(13-5-3-11(4-6-13)9-20-22-19)7-8-15-17(16)21-23-24(15)10-12-1-2-12/h3-8,12H,1-2,9-10H2. The van der Waals surface area contributed by atoms with Gasteiger partial charge in [0.1, 0.15) is 5.52 Å². The summed E-state index contributed by atoms with van der Waals surface area (Å²) in [6, 6.07) is 11.9. The lowest BCUT2D eigenvalue weighted by atomic mass is 10.0. The molecule has 120 valence electrons. The van der Waals surface area contributed by atoms with Crippen LogP contribution in [0.1, 0.15) is 18.4 Å². The molecule has 3 aromatic rings. The van der Waals surface area contributed by atoms with Gasteiger partial charge < -0.3 is 0 Å². The van der Waals surface area contributed by atoms with Gasteiger partial charge in [-0.15, -0.1) is 5.10 Å². The van der Waals surface area contributed by atoms with Gasteiger partial charge in [-0.3, -0.25) is 0 Å². The van der Waals surface area contributed by atoms with E-state index in [0.29, 0.717) is 11.6 Å². The van der Waals surface area contributed by atoms with Crippen LogP contribution >= 0.6 is 11.6 Å². The first-order chi connectivity index (χ1) is 11.8. The fraction of sp³-hybridized carbons (Fsp3) is 0.294. The highest BCUT2D eigenvalue weighted by Crippen LogP contribution is 2.35. The number of rotatable bonds is 5. The van der Waals surface area contributed by atoms with E-state index in [2.05, 4.69) is 20.3 Å². The first kappa shape index (κ1) is 15.0. The normalized spacial score (nSPS) is 13.9. The zero-order chi connectivity index (χ0) is 16.5. The van der Waals surface area contributed by atoms with E-state index >= 15 is 0 Å². The van der Waals surface area contributed by atoms with Crippen LogP contribution < -0.4 is 0 Å². The molecule has 0 atom stereocenters. The van der Waals surface area contributed by atoms with Gasteiger partial charge in [0.2, 0.25) is 0 Å². The Bertz CT molecular complexity index is 936. The van der Waals surface area contributed by atoms with E-state index in [0.717, 1.165) is 40.2 Å². The van der Waals surface area contributed by atoms with E-state index in [1.807, 2.05) is 41.1 Å². The van der Waals surface area contributed by atoms with Crippen molar-refractivity contribution in [1.82, 2.24) is 15.0 Å². The molecule has 0 bridgehead atoms. The third-order valence-corrected chi connectivity index (χ3v) is 4.72. The highest BCUT2D eigenvalue weighted by atomic mass is 35.5. The molecule has 1 aliphatic rings. The summed E-state index contributed by atoms with van der Waals surface area (Å²) in [6.45, 7) is 1.26. The van der Waals surface area contributed by atoms with Crippen molar-refractivity contribution in [3.63, 3.8) is 0 Å². The maximum absolute atomic E-state index is 8.38. The van der Waals surface area contributed by atoms with Gasteiger partial charge in [0.15, 0.2) is 0 Å². The summed E-state index contributed by atoms with van der Waals surface area (Å²) >= 11 is 6.58. The number of hydrogen-bond acceptors (Lipinski definition) is 3. The number of hydrogen-bond donors (Lipinski definition) is 0. The quantitative estimate of drug-likeness (QED) is 0.374. The van der Waals surface area contributed by atoms with Gasteiger partial charge in [0, 0.05) is 17.0 Å². The third-order valence-electron chi connectivity index (χ3n) is 4.34. The van der Waals surface area contributed by atoms with Gasteiger partial charge >= 0.3 is 0 Å². The maximum Gasteiger partial charge on any atom is 0.132 e. The van der Waals surface area contributed by atoms with Crippen LogP contribution in [0.5, 0.6) is 0 Å². The molecule has 6 nitrogen and oxygen atoms in total. The molecule has 0 aliphatic heterocycles. The summed E-state index contributed by atoms with van der Waals surface area (Å²) in [6.07, 6.45) is 2.55. The fourth-order valence-corrected chi connectivity index (χ4v) is 3.12. The number of aromatic nitrogens is 3.